The quantitative estimate of drug-likeness (QED) is 0.700. The van der Waals surface area contributed by atoms with E-state index in [9.17, 15) is 4.79 Å². The Labute approximate surface area is 150 Å². The minimum Gasteiger partial charge on any atom is -0.484 e. The van der Waals surface area contributed by atoms with E-state index in [0.29, 0.717) is 24.6 Å². The summed E-state index contributed by atoms with van der Waals surface area (Å²) < 4.78 is 11.2. The molecule has 130 valence electrons. The van der Waals surface area contributed by atoms with E-state index in [2.05, 4.69) is 10.3 Å². The third kappa shape index (κ3) is 4.70. The van der Waals surface area contributed by atoms with Gasteiger partial charge in [-0.3, -0.25) is 4.79 Å². The van der Waals surface area contributed by atoms with Gasteiger partial charge in [0.25, 0.3) is 5.91 Å². The summed E-state index contributed by atoms with van der Waals surface area (Å²) in [5.41, 5.74) is 2.02. The molecule has 0 aliphatic rings. The molecule has 3 rings (SSSR count). The molecule has 0 aliphatic carbocycles. The van der Waals surface area contributed by atoms with Crippen molar-refractivity contribution in [3.8, 4) is 16.5 Å². The van der Waals surface area contributed by atoms with Gasteiger partial charge in [0.2, 0.25) is 5.89 Å². The van der Waals surface area contributed by atoms with Crippen LogP contribution in [0.5, 0.6) is 5.75 Å². The molecular weight excluding hydrogens is 336 g/mol. The molecule has 0 radical (unpaired) electrons. The number of thiophene rings is 1. The molecule has 2 aromatic heterocycles. The number of rotatable bonds is 7. The molecule has 0 unspecified atom stereocenters. The number of nitrogens with one attached hydrogen (secondary N) is 1. The molecule has 0 atom stereocenters. The number of carbonyl (C=O) groups is 1. The van der Waals surface area contributed by atoms with Crippen LogP contribution in [0, 0.1) is 13.8 Å². The van der Waals surface area contributed by atoms with Crippen LogP contribution in [-0.4, -0.2) is 24.0 Å². The van der Waals surface area contributed by atoms with Gasteiger partial charge in [-0.25, -0.2) is 4.98 Å². The molecule has 0 saturated heterocycles. The number of hydrogen-bond acceptors (Lipinski definition) is 5. The summed E-state index contributed by atoms with van der Waals surface area (Å²) in [5.74, 6) is 1.96. The average Bonchev–Trinajstić information content (AvgIpc) is 3.25. The first kappa shape index (κ1) is 17.2. The van der Waals surface area contributed by atoms with Crippen LogP contribution in [0.2, 0.25) is 0 Å². The number of aromatic nitrogens is 1. The van der Waals surface area contributed by atoms with Crippen molar-refractivity contribution >= 4 is 17.2 Å². The predicted octanol–water partition coefficient (Wildman–Crippen LogP) is 3.76. The highest BCUT2D eigenvalue weighted by Gasteiger charge is 2.12. The van der Waals surface area contributed by atoms with Gasteiger partial charge in [-0.2, -0.15) is 0 Å². The van der Waals surface area contributed by atoms with Crippen molar-refractivity contribution in [1.29, 1.82) is 0 Å². The maximum atomic E-state index is 11.9. The number of oxazole rings is 1. The van der Waals surface area contributed by atoms with Crippen molar-refractivity contribution in [2.75, 3.05) is 13.2 Å². The monoisotopic (exact) mass is 356 g/mol. The van der Waals surface area contributed by atoms with Gasteiger partial charge in [-0.05, 0) is 37.4 Å². The van der Waals surface area contributed by atoms with Crippen LogP contribution < -0.4 is 10.1 Å². The first-order valence-corrected chi connectivity index (χ1v) is 8.96. The SMILES string of the molecule is Cc1ccc(OCC(=O)NCCc2nc(-c3cccs3)oc2C)cc1. The Hall–Kier alpha value is -2.60. The second-order valence-electron chi connectivity index (χ2n) is 5.70. The Balaban J connectivity index is 1.44. The summed E-state index contributed by atoms with van der Waals surface area (Å²) in [6, 6.07) is 11.6. The van der Waals surface area contributed by atoms with Crippen LogP contribution in [0.4, 0.5) is 0 Å². The van der Waals surface area contributed by atoms with E-state index in [1.54, 1.807) is 11.3 Å². The maximum Gasteiger partial charge on any atom is 0.257 e. The number of hydrogen-bond donors (Lipinski definition) is 1. The summed E-state index contributed by atoms with van der Waals surface area (Å²) >= 11 is 1.59. The van der Waals surface area contributed by atoms with Gasteiger partial charge in [0.15, 0.2) is 6.61 Å². The number of carbonyl (C=O) groups excluding carboxylic acids is 1. The molecule has 0 fully saturated rings. The molecule has 6 heteroatoms. The van der Waals surface area contributed by atoms with Gasteiger partial charge >= 0.3 is 0 Å². The largest absolute Gasteiger partial charge is 0.484 e. The Bertz CT molecular complexity index is 823. The number of benzene rings is 1. The third-order valence-electron chi connectivity index (χ3n) is 3.70. The first-order chi connectivity index (χ1) is 12.1. The molecule has 1 amide bonds. The van der Waals surface area contributed by atoms with Gasteiger partial charge < -0.3 is 14.5 Å². The van der Waals surface area contributed by atoms with E-state index >= 15 is 0 Å². The zero-order chi connectivity index (χ0) is 17.6. The lowest BCUT2D eigenvalue weighted by Gasteiger charge is -2.07. The average molecular weight is 356 g/mol. The second kappa shape index (κ2) is 7.98. The number of nitrogens with zero attached hydrogens (tertiary/aromatic N) is 1. The Morgan fingerprint density at radius 1 is 1.24 bits per heavy atom. The lowest BCUT2D eigenvalue weighted by molar-refractivity contribution is -0.123. The summed E-state index contributed by atoms with van der Waals surface area (Å²) in [4.78, 5) is 17.4. The molecule has 3 aromatic rings. The summed E-state index contributed by atoms with van der Waals surface area (Å²) in [5, 5.41) is 4.83. The zero-order valence-corrected chi connectivity index (χ0v) is 15.1. The fourth-order valence-corrected chi connectivity index (χ4v) is 2.97. The maximum absolute atomic E-state index is 11.9. The van der Waals surface area contributed by atoms with E-state index in [4.69, 9.17) is 9.15 Å². The fourth-order valence-electron chi connectivity index (χ4n) is 2.32. The minimum absolute atomic E-state index is 0.00129. The van der Waals surface area contributed by atoms with Crippen molar-refractivity contribution in [1.82, 2.24) is 10.3 Å². The van der Waals surface area contributed by atoms with Crippen LogP contribution in [-0.2, 0) is 11.2 Å². The second-order valence-corrected chi connectivity index (χ2v) is 6.65. The molecule has 0 bridgehead atoms. The highest BCUT2D eigenvalue weighted by molar-refractivity contribution is 7.13. The Morgan fingerprint density at radius 3 is 2.76 bits per heavy atom. The van der Waals surface area contributed by atoms with Crippen molar-refractivity contribution < 1.29 is 13.9 Å². The summed E-state index contributed by atoms with van der Waals surface area (Å²) in [7, 11) is 0. The molecular formula is C19H20N2O3S. The van der Waals surface area contributed by atoms with Gasteiger partial charge in [-0.15, -0.1) is 11.3 Å². The predicted molar refractivity (Wildman–Crippen MR) is 97.9 cm³/mol. The minimum atomic E-state index is -0.153. The molecule has 2 heterocycles. The molecule has 0 saturated carbocycles. The molecule has 0 spiro atoms. The van der Waals surface area contributed by atoms with E-state index in [0.717, 1.165) is 21.9 Å². The van der Waals surface area contributed by atoms with E-state index < -0.39 is 0 Å². The molecule has 5 nitrogen and oxygen atoms in total. The topological polar surface area (TPSA) is 64.4 Å². The van der Waals surface area contributed by atoms with Crippen molar-refractivity contribution in [3.05, 3.63) is 58.8 Å². The molecule has 0 aliphatic heterocycles. The van der Waals surface area contributed by atoms with Crippen molar-refractivity contribution in [2.24, 2.45) is 0 Å². The smallest absolute Gasteiger partial charge is 0.257 e. The first-order valence-electron chi connectivity index (χ1n) is 8.08. The van der Waals surface area contributed by atoms with Gasteiger partial charge in [-0.1, -0.05) is 23.8 Å². The van der Waals surface area contributed by atoms with Gasteiger partial charge in [0.05, 0.1) is 10.6 Å². The Kier molecular flexibility index (Phi) is 5.50. The number of ether oxygens (including phenoxy) is 1. The van der Waals surface area contributed by atoms with E-state index in [1.165, 1.54) is 0 Å². The van der Waals surface area contributed by atoms with Crippen LogP contribution in [0.25, 0.3) is 10.8 Å². The number of amides is 1. The standard InChI is InChI=1S/C19H20N2O3S/c1-13-5-7-15(8-6-13)23-12-18(22)20-10-9-16-14(2)24-19(21-16)17-4-3-11-25-17/h3-8,11H,9-10,12H2,1-2H3,(H,20,22). The van der Waals surface area contributed by atoms with Crippen LogP contribution in [0.15, 0.2) is 46.2 Å². The van der Waals surface area contributed by atoms with Crippen LogP contribution >= 0.6 is 11.3 Å². The Morgan fingerprint density at radius 2 is 2.04 bits per heavy atom. The van der Waals surface area contributed by atoms with Gasteiger partial charge in [0, 0.05) is 13.0 Å². The molecule has 1 aromatic carbocycles. The van der Waals surface area contributed by atoms with Crippen LogP contribution in [0.1, 0.15) is 17.0 Å². The molecule has 25 heavy (non-hydrogen) atoms. The normalized spacial score (nSPS) is 10.6. The van der Waals surface area contributed by atoms with Crippen molar-refractivity contribution in [2.45, 2.75) is 20.3 Å². The summed E-state index contributed by atoms with van der Waals surface area (Å²) in [6.45, 7) is 4.39. The third-order valence-corrected chi connectivity index (χ3v) is 4.56. The zero-order valence-electron chi connectivity index (χ0n) is 14.2. The van der Waals surface area contributed by atoms with E-state index in [1.807, 2.05) is 55.6 Å². The highest BCUT2D eigenvalue weighted by Crippen LogP contribution is 2.25. The highest BCUT2D eigenvalue weighted by atomic mass is 32.1. The summed E-state index contributed by atoms with van der Waals surface area (Å²) in [6.07, 6.45) is 0.622. The lowest BCUT2D eigenvalue weighted by atomic mass is 10.2. The van der Waals surface area contributed by atoms with E-state index in [-0.39, 0.29) is 12.5 Å². The fraction of sp³-hybridized carbons (Fsp3) is 0.263. The lowest BCUT2D eigenvalue weighted by Crippen LogP contribution is -2.30. The molecule has 1 N–H and O–H groups in total. The van der Waals surface area contributed by atoms with Crippen molar-refractivity contribution in [3.63, 3.8) is 0 Å². The van der Waals surface area contributed by atoms with Gasteiger partial charge in [0.1, 0.15) is 11.5 Å². The van der Waals surface area contributed by atoms with Crippen LogP contribution in [0.3, 0.4) is 0 Å². The number of aryl methyl sites for hydroxylation is 2.